The fourth-order valence-corrected chi connectivity index (χ4v) is 3.87. The molecule has 0 fully saturated rings. The van der Waals surface area contributed by atoms with Crippen LogP contribution in [0.4, 0.5) is 5.69 Å². The smallest absolute Gasteiger partial charge is 0.256 e. The van der Waals surface area contributed by atoms with E-state index in [9.17, 15) is 4.79 Å². The molecular weight excluding hydrogens is 426 g/mol. The zero-order chi connectivity index (χ0) is 16.6. The molecule has 0 spiro atoms. The van der Waals surface area contributed by atoms with Gasteiger partial charge in [-0.15, -0.1) is 0 Å². The van der Waals surface area contributed by atoms with Crippen LogP contribution in [0.15, 0.2) is 39.3 Å². The molecule has 0 saturated heterocycles. The Bertz CT molecular complexity index is 831. The number of carbonyl (C=O) groups excluding carboxylic acids is 1. The van der Waals surface area contributed by atoms with E-state index in [1.165, 1.54) is 0 Å². The SMILES string of the molecule is COc1cccc(C=C2C(=O)Nc3c(Br)cc(Br)cc32)c1OC. The average Bonchev–Trinajstić information content (AvgIpc) is 2.84. The van der Waals surface area contributed by atoms with E-state index < -0.39 is 0 Å². The number of halogens is 2. The van der Waals surface area contributed by atoms with Gasteiger partial charge in [-0.25, -0.2) is 0 Å². The van der Waals surface area contributed by atoms with Gasteiger partial charge in [0.25, 0.3) is 5.91 Å². The summed E-state index contributed by atoms with van der Waals surface area (Å²) in [6.45, 7) is 0. The Morgan fingerprint density at radius 1 is 1.13 bits per heavy atom. The maximum Gasteiger partial charge on any atom is 0.256 e. The van der Waals surface area contributed by atoms with Gasteiger partial charge < -0.3 is 14.8 Å². The largest absolute Gasteiger partial charge is 0.493 e. The first kappa shape index (κ1) is 16.1. The molecule has 1 heterocycles. The van der Waals surface area contributed by atoms with E-state index in [1.807, 2.05) is 30.3 Å². The second-order valence-corrected chi connectivity index (χ2v) is 6.68. The van der Waals surface area contributed by atoms with Gasteiger partial charge in [-0.05, 0) is 40.2 Å². The van der Waals surface area contributed by atoms with Crippen LogP contribution in [-0.4, -0.2) is 20.1 Å². The van der Waals surface area contributed by atoms with E-state index in [0.29, 0.717) is 17.1 Å². The standard InChI is InChI=1S/C17H13Br2NO3/c1-22-14-5-3-4-9(16(14)23-2)6-12-11-7-10(18)8-13(19)15(11)20-17(12)21/h3-8H,1-2H3,(H,20,21). The van der Waals surface area contributed by atoms with Gasteiger partial charge in [0.2, 0.25) is 0 Å². The zero-order valence-electron chi connectivity index (χ0n) is 12.4. The number of benzene rings is 2. The fraction of sp³-hybridized carbons (Fsp3) is 0.118. The van der Waals surface area contributed by atoms with Crippen molar-refractivity contribution in [3.8, 4) is 11.5 Å². The number of methoxy groups -OCH3 is 2. The van der Waals surface area contributed by atoms with Crippen LogP contribution in [0.1, 0.15) is 11.1 Å². The van der Waals surface area contributed by atoms with Gasteiger partial charge in [0, 0.05) is 25.6 Å². The number of nitrogens with one attached hydrogen (secondary N) is 1. The van der Waals surface area contributed by atoms with Gasteiger partial charge in [-0.1, -0.05) is 28.1 Å². The number of ether oxygens (including phenoxy) is 2. The molecule has 2 aromatic carbocycles. The van der Waals surface area contributed by atoms with Crippen molar-refractivity contribution >= 4 is 55.1 Å². The number of fused-ring (bicyclic) bond motifs is 1. The highest BCUT2D eigenvalue weighted by Crippen LogP contribution is 2.42. The molecule has 3 rings (SSSR count). The first-order valence-electron chi connectivity index (χ1n) is 6.78. The number of hydrogen-bond acceptors (Lipinski definition) is 3. The average molecular weight is 439 g/mol. The van der Waals surface area contributed by atoms with Gasteiger partial charge in [0.1, 0.15) is 0 Å². The summed E-state index contributed by atoms with van der Waals surface area (Å²) in [7, 11) is 3.16. The molecule has 1 aliphatic heterocycles. The van der Waals surface area contributed by atoms with Crippen molar-refractivity contribution in [1.29, 1.82) is 0 Å². The van der Waals surface area contributed by atoms with Crippen LogP contribution in [0.25, 0.3) is 11.6 Å². The van der Waals surface area contributed by atoms with E-state index in [2.05, 4.69) is 37.2 Å². The number of carbonyl (C=O) groups is 1. The molecule has 1 amide bonds. The Morgan fingerprint density at radius 3 is 2.61 bits per heavy atom. The Labute approximate surface area is 150 Å². The molecule has 4 nitrogen and oxygen atoms in total. The molecule has 0 radical (unpaired) electrons. The fourth-order valence-electron chi connectivity index (χ4n) is 2.54. The third-order valence-electron chi connectivity index (χ3n) is 3.56. The van der Waals surface area contributed by atoms with E-state index in [0.717, 1.165) is 25.8 Å². The topological polar surface area (TPSA) is 47.6 Å². The van der Waals surface area contributed by atoms with Crippen LogP contribution in [0.2, 0.25) is 0 Å². The number of para-hydroxylation sites is 1. The highest BCUT2D eigenvalue weighted by atomic mass is 79.9. The van der Waals surface area contributed by atoms with Crippen LogP contribution in [0.5, 0.6) is 11.5 Å². The van der Waals surface area contributed by atoms with Crippen LogP contribution in [-0.2, 0) is 4.79 Å². The van der Waals surface area contributed by atoms with Gasteiger partial charge in [-0.2, -0.15) is 0 Å². The summed E-state index contributed by atoms with van der Waals surface area (Å²) in [6.07, 6.45) is 1.81. The van der Waals surface area contributed by atoms with E-state index in [-0.39, 0.29) is 5.91 Å². The van der Waals surface area contributed by atoms with Gasteiger partial charge in [0.15, 0.2) is 11.5 Å². The first-order valence-corrected chi connectivity index (χ1v) is 8.37. The van der Waals surface area contributed by atoms with Crippen LogP contribution in [0.3, 0.4) is 0 Å². The van der Waals surface area contributed by atoms with Crippen molar-refractivity contribution in [2.45, 2.75) is 0 Å². The van der Waals surface area contributed by atoms with Crippen molar-refractivity contribution in [3.05, 3.63) is 50.4 Å². The van der Waals surface area contributed by atoms with Crippen molar-refractivity contribution < 1.29 is 14.3 Å². The molecule has 6 heteroatoms. The molecule has 0 saturated carbocycles. The zero-order valence-corrected chi connectivity index (χ0v) is 15.6. The predicted molar refractivity (Wildman–Crippen MR) is 97.9 cm³/mol. The molecule has 0 aliphatic carbocycles. The quantitative estimate of drug-likeness (QED) is 0.705. The molecule has 0 unspecified atom stereocenters. The lowest BCUT2D eigenvalue weighted by molar-refractivity contribution is -0.110. The predicted octanol–water partition coefficient (Wildman–Crippen LogP) is 4.72. The lowest BCUT2D eigenvalue weighted by Crippen LogP contribution is -2.04. The van der Waals surface area contributed by atoms with Crippen molar-refractivity contribution in [2.75, 3.05) is 19.5 Å². The number of rotatable bonds is 3. The second-order valence-electron chi connectivity index (χ2n) is 4.91. The number of anilines is 1. The Hall–Kier alpha value is -1.79. The lowest BCUT2D eigenvalue weighted by atomic mass is 10.0. The summed E-state index contributed by atoms with van der Waals surface area (Å²) in [5.41, 5.74) is 2.96. The molecule has 0 atom stereocenters. The van der Waals surface area contributed by atoms with Crippen LogP contribution >= 0.6 is 31.9 Å². The normalized spacial score (nSPS) is 14.6. The lowest BCUT2D eigenvalue weighted by Gasteiger charge is -2.10. The summed E-state index contributed by atoms with van der Waals surface area (Å²) in [5.74, 6) is 1.07. The minimum absolute atomic E-state index is 0.149. The third kappa shape index (κ3) is 2.88. The molecule has 118 valence electrons. The highest BCUT2D eigenvalue weighted by molar-refractivity contribution is 9.11. The molecule has 1 aliphatic rings. The Kier molecular flexibility index (Phi) is 4.46. The molecule has 23 heavy (non-hydrogen) atoms. The Balaban J connectivity index is 2.18. The van der Waals surface area contributed by atoms with E-state index in [4.69, 9.17) is 9.47 Å². The van der Waals surface area contributed by atoms with Gasteiger partial charge >= 0.3 is 0 Å². The second kappa shape index (κ2) is 6.37. The summed E-state index contributed by atoms with van der Waals surface area (Å²) >= 11 is 6.93. The van der Waals surface area contributed by atoms with Crippen molar-refractivity contribution in [1.82, 2.24) is 0 Å². The maximum atomic E-state index is 12.4. The van der Waals surface area contributed by atoms with Gasteiger partial charge in [-0.3, -0.25) is 4.79 Å². The summed E-state index contributed by atoms with van der Waals surface area (Å²) < 4.78 is 12.5. The van der Waals surface area contributed by atoms with Crippen LogP contribution < -0.4 is 14.8 Å². The first-order chi connectivity index (χ1) is 11.0. The minimum Gasteiger partial charge on any atom is -0.493 e. The summed E-state index contributed by atoms with van der Waals surface area (Å²) in [4.78, 5) is 12.4. The molecule has 1 N–H and O–H groups in total. The van der Waals surface area contributed by atoms with Crippen LogP contribution in [0, 0.1) is 0 Å². The van der Waals surface area contributed by atoms with E-state index in [1.54, 1.807) is 20.3 Å². The molecule has 2 aromatic rings. The summed E-state index contributed by atoms with van der Waals surface area (Å²) in [6, 6.07) is 9.37. The molecular formula is C17H13Br2NO3. The van der Waals surface area contributed by atoms with Crippen molar-refractivity contribution in [2.24, 2.45) is 0 Å². The van der Waals surface area contributed by atoms with Crippen molar-refractivity contribution in [3.63, 3.8) is 0 Å². The number of hydrogen-bond donors (Lipinski definition) is 1. The number of amides is 1. The van der Waals surface area contributed by atoms with E-state index >= 15 is 0 Å². The maximum absolute atomic E-state index is 12.4. The third-order valence-corrected chi connectivity index (χ3v) is 4.64. The highest BCUT2D eigenvalue weighted by Gasteiger charge is 2.27. The monoisotopic (exact) mass is 437 g/mol. The molecule has 0 bridgehead atoms. The van der Waals surface area contributed by atoms with Gasteiger partial charge in [0.05, 0.1) is 19.9 Å². The minimum atomic E-state index is -0.149. The molecule has 0 aromatic heterocycles. The Morgan fingerprint density at radius 2 is 1.91 bits per heavy atom. The summed E-state index contributed by atoms with van der Waals surface area (Å²) in [5, 5.41) is 2.88.